The molecule has 0 bridgehead atoms. The topological polar surface area (TPSA) is 81.0 Å². The van der Waals surface area contributed by atoms with Crippen LogP contribution in [0.4, 0.5) is 13.2 Å². The lowest BCUT2D eigenvalue weighted by Crippen LogP contribution is -2.12. The van der Waals surface area contributed by atoms with E-state index in [0.29, 0.717) is 22.5 Å². The third-order valence-electron chi connectivity index (χ3n) is 5.32. The molecule has 2 aromatic carbocycles. The Balaban J connectivity index is 1.59. The normalized spacial score (nSPS) is 13.1. The maximum absolute atomic E-state index is 15.0. The van der Waals surface area contributed by atoms with Gasteiger partial charge in [-0.2, -0.15) is 0 Å². The number of pyridine rings is 1. The molecule has 33 heavy (non-hydrogen) atoms. The molecule has 170 valence electrons. The standard InChI is InChI=1S/C24H19F3N2O4/c1-12-7-21(32-11-16-10-22(31)33-29-16)23(27)13(2)17(12)9-15-4-6-20(30)24(28-15)14-3-5-18(25)19(26)8-14/h3-8,30H,9-11H2,1-2H3. The van der Waals surface area contributed by atoms with Crippen LogP contribution < -0.4 is 4.74 Å². The van der Waals surface area contributed by atoms with E-state index in [1.165, 1.54) is 12.1 Å². The zero-order valence-corrected chi connectivity index (χ0v) is 17.8. The van der Waals surface area contributed by atoms with Crippen LogP contribution in [-0.4, -0.2) is 28.4 Å². The van der Waals surface area contributed by atoms with Gasteiger partial charge in [0.15, 0.2) is 23.2 Å². The van der Waals surface area contributed by atoms with Crippen molar-refractivity contribution in [3.8, 4) is 22.8 Å². The molecular weight excluding hydrogens is 437 g/mol. The first-order chi connectivity index (χ1) is 15.7. The zero-order valence-electron chi connectivity index (χ0n) is 17.8. The molecule has 9 heteroatoms. The first-order valence-electron chi connectivity index (χ1n) is 10.0. The molecule has 0 amide bonds. The maximum atomic E-state index is 15.0. The summed E-state index contributed by atoms with van der Waals surface area (Å²) in [7, 11) is 0. The van der Waals surface area contributed by atoms with Crippen LogP contribution in [0.3, 0.4) is 0 Å². The molecule has 0 fully saturated rings. The molecule has 0 saturated heterocycles. The Morgan fingerprint density at radius 2 is 1.88 bits per heavy atom. The summed E-state index contributed by atoms with van der Waals surface area (Å²) in [4.78, 5) is 20.0. The summed E-state index contributed by atoms with van der Waals surface area (Å²) in [5.74, 6) is -3.26. The van der Waals surface area contributed by atoms with E-state index >= 15 is 0 Å². The maximum Gasteiger partial charge on any atom is 0.340 e. The second kappa shape index (κ2) is 8.93. The molecule has 0 aliphatic carbocycles. The van der Waals surface area contributed by atoms with Gasteiger partial charge in [0.2, 0.25) is 0 Å². The number of carbonyl (C=O) groups excluding carboxylic acids is 1. The van der Waals surface area contributed by atoms with Crippen molar-refractivity contribution in [2.24, 2.45) is 5.16 Å². The molecule has 0 atom stereocenters. The molecule has 0 radical (unpaired) electrons. The van der Waals surface area contributed by atoms with Gasteiger partial charge >= 0.3 is 5.97 Å². The van der Waals surface area contributed by atoms with Gasteiger partial charge in [-0.25, -0.2) is 22.9 Å². The highest BCUT2D eigenvalue weighted by Crippen LogP contribution is 2.31. The van der Waals surface area contributed by atoms with Crippen LogP contribution in [0, 0.1) is 31.3 Å². The van der Waals surface area contributed by atoms with Gasteiger partial charge in [-0.1, -0.05) is 5.16 Å². The number of aryl methyl sites for hydroxylation is 1. The Hall–Kier alpha value is -3.88. The second-order valence-electron chi connectivity index (χ2n) is 7.67. The molecule has 1 aliphatic rings. The smallest absolute Gasteiger partial charge is 0.340 e. The number of hydrogen-bond donors (Lipinski definition) is 1. The number of aromatic hydroxyl groups is 1. The van der Waals surface area contributed by atoms with Crippen LogP contribution in [0.5, 0.6) is 11.5 Å². The Morgan fingerprint density at radius 1 is 1.09 bits per heavy atom. The average molecular weight is 456 g/mol. The van der Waals surface area contributed by atoms with E-state index in [2.05, 4.69) is 15.0 Å². The minimum atomic E-state index is -1.05. The van der Waals surface area contributed by atoms with Crippen LogP contribution in [-0.2, 0) is 16.1 Å². The molecule has 1 aliphatic heterocycles. The summed E-state index contributed by atoms with van der Waals surface area (Å²) in [5, 5.41) is 13.8. The quantitative estimate of drug-likeness (QED) is 0.541. The molecular formula is C24H19F3N2O4. The van der Waals surface area contributed by atoms with Gasteiger partial charge < -0.3 is 14.7 Å². The van der Waals surface area contributed by atoms with Crippen LogP contribution >= 0.6 is 0 Å². The highest BCUT2D eigenvalue weighted by Gasteiger charge is 2.20. The third-order valence-corrected chi connectivity index (χ3v) is 5.32. The first kappa shape index (κ1) is 22.3. The molecule has 4 rings (SSSR count). The van der Waals surface area contributed by atoms with Crippen molar-refractivity contribution in [2.75, 3.05) is 6.61 Å². The molecule has 6 nitrogen and oxygen atoms in total. The SMILES string of the molecule is Cc1cc(OCC2=NOC(=O)C2)c(F)c(C)c1Cc1ccc(O)c(-c2ccc(F)c(F)c2)n1. The number of ether oxygens (including phenoxy) is 1. The number of halogens is 3. The fourth-order valence-electron chi connectivity index (χ4n) is 3.55. The fraction of sp³-hybridized carbons (Fsp3) is 0.208. The van der Waals surface area contributed by atoms with Crippen LogP contribution in [0.2, 0.25) is 0 Å². The number of benzene rings is 2. The summed E-state index contributed by atoms with van der Waals surface area (Å²) in [6.45, 7) is 3.34. The van der Waals surface area contributed by atoms with Gasteiger partial charge in [0, 0.05) is 17.7 Å². The number of oxime groups is 1. The Kier molecular flexibility index (Phi) is 6.04. The van der Waals surface area contributed by atoms with E-state index in [1.54, 1.807) is 26.0 Å². The lowest BCUT2D eigenvalue weighted by atomic mass is 9.97. The number of hydrogen-bond acceptors (Lipinski definition) is 6. The average Bonchev–Trinajstić information content (AvgIpc) is 3.21. The molecule has 0 saturated carbocycles. The lowest BCUT2D eigenvalue weighted by molar-refractivity contribution is -0.140. The number of aromatic nitrogens is 1. The lowest BCUT2D eigenvalue weighted by Gasteiger charge is -2.15. The van der Waals surface area contributed by atoms with Gasteiger partial charge in [0.1, 0.15) is 23.8 Å². The van der Waals surface area contributed by atoms with Crippen LogP contribution in [0.1, 0.15) is 28.8 Å². The summed E-state index contributed by atoms with van der Waals surface area (Å²) in [6, 6.07) is 7.77. The van der Waals surface area contributed by atoms with Crippen molar-refractivity contribution in [1.82, 2.24) is 4.98 Å². The summed E-state index contributed by atoms with van der Waals surface area (Å²) >= 11 is 0. The molecule has 3 aromatic rings. The van der Waals surface area contributed by atoms with Gasteiger partial charge in [-0.15, -0.1) is 0 Å². The highest BCUT2D eigenvalue weighted by atomic mass is 19.2. The van der Waals surface area contributed by atoms with E-state index < -0.39 is 23.4 Å². The Labute approximate surface area is 187 Å². The largest absolute Gasteiger partial charge is 0.506 e. The monoisotopic (exact) mass is 456 g/mol. The van der Waals surface area contributed by atoms with Crippen molar-refractivity contribution < 1.29 is 32.6 Å². The first-order valence-corrected chi connectivity index (χ1v) is 10.0. The van der Waals surface area contributed by atoms with Gasteiger partial charge in [0.25, 0.3) is 0 Å². The van der Waals surface area contributed by atoms with Crippen molar-refractivity contribution in [3.63, 3.8) is 0 Å². The predicted octanol–water partition coefficient (Wildman–Crippen LogP) is 4.76. The minimum Gasteiger partial charge on any atom is -0.506 e. The van der Waals surface area contributed by atoms with Crippen molar-refractivity contribution in [1.29, 1.82) is 0 Å². The molecule has 2 heterocycles. The van der Waals surface area contributed by atoms with Crippen molar-refractivity contribution in [2.45, 2.75) is 26.7 Å². The van der Waals surface area contributed by atoms with Crippen LogP contribution in [0.25, 0.3) is 11.3 Å². The highest BCUT2D eigenvalue weighted by molar-refractivity contribution is 6.02. The summed E-state index contributed by atoms with van der Waals surface area (Å²) in [6.07, 6.45) is 0.241. The Bertz CT molecular complexity index is 1290. The molecule has 1 N–H and O–H groups in total. The summed E-state index contributed by atoms with van der Waals surface area (Å²) < 4.78 is 47.4. The third kappa shape index (κ3) is 4.67. The molecule has 1 aromatic heterocycles. The fourth-order valence-corrected chi connectivity index (χ4v) is 3.55. The number of rotatable bonds is 6. The minimum absolute atomic E-state index is 0.00444. The van der Waals surface area contributed by atoms with E-state index in [9.17, 15) is 23.1 Å². The number of carbonyl (C=O) groups is 1. The second-order valence-corrected chi connectivity index (χ2v) is 7.67. The predicted molar refractivity (Wildman–Crippen MR) is 114 cm³/mol. The number of nitrogens with zero attached hydrogens (tertiary/aromatic N) is 2. The van der Waals surface area contributed by atoms with E-state index in [0.717, 1.165) is 17.7 Å². The molecule has 0 unspecified atom stereocenters. The zero-order chi connectivity index (χ0) is 23.7. The van der Waals surface area contributed by atoms with E-state index in [1.807, 2.05) is 0 Å². The van der Waals surface area contributed by atoms with E-state index in [-0.39, 0.29) is 42.2 Å². The van der Waals surface area contributed by atoms with Crippen molar-refractivity contribution in [3.05, 3.63) is 76.2 Å². The molecule has 0 spiro atoms. The summed E-state index contributed by atoms with van der Waals surface area (Å²) in [5.41, 5.74) is 2.96. The Morgan fingerprint density at radius 3 is 2.58 bits per heavy atom. The van der Waals surface area contributed by atoms with Gasteiger partial charge in [-0.3, -0.25) is 0 Å². The van der Waals surface area contributed by atoms with E-state index in [4.69, 9.17) is 4.74 Å². The van der Waals surface area contributed by atoms with Crippen LogP contribution in [0.15, 0.2) is 41.6 Å². The van der Waals surface area contributed by atoms with Crippen molar-refractivity contribution >= 4 is 11.7 Å². The van der Waals surface area contributed by atoms with Gasteiger partial charge in [-0.05, 0) is 66.9 Å². The van der Waals surface area contributed by atoms with Gasteiger partial charge in [0.05, 0.1) is 6.42 Å².